The summed E-state index contributed by atoms with van der Waals surface area (Å²) in [7, 11) is 0. The first-order valence-electron chi connectivity index (χ1n) is 15.2. The molecule has 4 fully saturated rings. The maximum absolute atomic E-state index is 12.7. The Morgan fingerprint density at radius 3 is 1.86 bits per heavy atom. The molecule has 2 saturated heterocycles. The van der Waals surface area contributed by atoms with Gasteiger partial charge in [0.1, 0.15) is 5.75 Å². The van der Waals surface area contributed by atoms with Crippen molar-refractivity contribution in [2.75, 3.05) is 44.2 Å². The summed E-state index contributed by atoms with van der Waals surface area (Å²) in [5.74, 6) is -3.84. The van der Waals surface area contributed by atoms with E-state index in [4.69, 9.17) is 25.2 Å². The molecule has 2 saturated carbocycles. The lowest BCUT2D eigenvalue weighted by Crippen LogP contribution is -2.47. The molecule has 2 amide bonds. The Bertz CT molecular complexity index is 1120. The molecule has 44 heavy (non-hydrogen) atoms. The smallest absolute Gasteiger partial charge is 0.335 e. The van der Waals surface area contributed by atoms with Crippen LogP contribution in [0.25, 0.3) is 0 Å². The zero-order chi connectivity index (χ0) is 32.0. The highest BCUT2D eigenvalue weighted by Crippen LogP contribution is 2.38. The number of fused-ring (bicyclic) bond motifs is 1. The number of ether oxygens (including phenoxy) is 1. The van der Waals surface area contributed by atoms with Gasteiger partial charge in [0.25, 0.3) is 0 Å². The summed E-state index contributed by atoms with van der Waals surface area (Å²) in [6.07, 6.45) is -0.115. The molecule has 4 aliphatic rings. The van der Waals surface area contributed by atoms with Crippen molar-refractivity contribution >= 4 is 29.4 Å². The van der Waals surface area contributed by atoms with Gasteiger partial charge in [0.15, 0.2) is 12.2 Å². The van der Waals surface area contributed by atoms with E-state index in [-0.39, 0.29) is 24.7 Å². The number of aliphatic hydroxyl groups is 4. The number of carbonyl (C=O) groups is 4. The van der Waals surface area contributed by atoms with Crippen LogP contribution in [0.1, 0.15) is 44.9 Å². The summed E-state index contributed by atoms with van der Waals surface area (Å²) in [5.41, 5.74) is 1.18. The lowest BCUT2D eigenvalue weighted by Gasteiger charge is -2.37. The van der Waals surface area contributed by atoms with Gasteiger partial charge in [-0.15, -0.1) is 0 Å². The van der Waals surface area contributed by atoms with Gasteiger partial charge in [-0.1, -0.05) is 12.1 Å². The van der Waals surface area contributed by atoms with Crippen LogP contribution >= 0.6 is 0 Å². The lowest BCUT2D eigenvalue weighted by molar-refractivity contribution is -0.165. The van der Waals surface area contributed by atoms with Gasteiger partial charge in [0.05, 0.1) is 35.8 Å². The molecule has 0 bridgehead atoms. The Balaban J connectivity index is 0.000000382. The second-order valence-corrected chi connectivity index (χ2v) is 11.9. The number of carbonyl (C=O) groups excluding carboxylic acids is 2. The van der Waals surface area contributed by atoms with Crippen molar-refractivity contribution in [3.63, 3.8) is 0 Å². The molecular weight excluding hydrogens is 578 g/mol. The summed E-state index contributed by atoms with van der Waals surface area (Å²) in [6.45, 7) is 4.96. The largest absolute Gasteiger partial charge is 0.488 e. The molecule has 244 valence electrons. The van der Waals surface area contributed by atoms with Crippen LogP contribution in [0.4, 0.5) is 5.69 Å². The molecule has 14 heteroatoms. The fraction of sp³-hybridized carbons (Fsp3) is 0.667. The highest BCUT2D eigenvalue weighted by molar-refractivity contribution is 6.05. The molecule has 14 nitrogen and oxygen atoms in total. The topological polar surface area (TPSA) is 209 Å². The second-order valence-electron chi connectivity index (χ2n) is 11.9. The van der Waals surface area contributed by atoms with Gasteiger partial charge in [-0.25, -0.2) is 9.59 Å². The van der Waals surface area contributed by atoms with Gasteiger partial charge in [-0.3, -0.25) is 19.4 Å². The Morgan fingerprint density at radius 1 is 0.818 bits per heavy atom. The number of likely N-dealkylation sites (tertiary alicyclic amines) is 1. The molecule has 6 atom stereocenters. The van der Waals surface area contributed by atoms with E-state index in [0.29, 0.717) is 12.6 Å². The molecule has 2 aliphatic carbocycles. The van der Waals surface area contributed by atoms with Crippen molar-refractivity contribution in [3.05, 3.63) is 24.3 Å². The molecule has 1 aromatic carbocycles. The maximum Gasteiger partial charge on any atom is 0.335 e. The number of piperazine rings is 1. The van der Waals surface area contributed by atoms with Crippen LogP contribution in [-0.4, -0.2) is 134 Å². The predicted molar refractivity (Wildman–Crippen MR) is 155 cm³/mol. The van der Waals surface area contributed by atoms with Crippen LogP contribution < -0.4 is 9.64 Å². The molecule has 0 spiro atoms. The number of amides is 2. The first kappa shape index (κ1) is 33.6. The number of carboxylic acids is 2. The van der Waals surface area contributed by atoms with Gasteiger partial charge in [-0.2, -0.15) is 0 Å². The van der Waals surface area contributed by atoms with Crippen molar-refractivity contribution in [1.82, 2.24) is 9.80 Å². The lowest BCUT2D eigenvalue weighted by atomic mass is 9.78. The summed E-state index contributed by atoms with van der Waals surface area (Å²) < 4.78 is 6.33. The number of aliphatic hydroxyl groups excluding tert-OH is 4. The molecule has 6 N–H and O–H groups in total. The Morgan fingerprint density at radius 2 is 1.34 bits per heavy atom. The zero-order valence-electron chi connectivity index (χ0n) is 24.6. The monoisotopic (exact) mass is 621 g/mol. The van der Waals surface area contributed by atoms with Gasteiger partial charge in [0, 0.05) is 32.7 Å². The molecular formula is C30H43N3O11. The standard InChI is InChI=1S/C26H37N3O5.C4H6O6/c30-22-16-19-20(17-23(22)31)26(33)29(25(19)32)11-5-10-27-12-14-28(15-13-27)21-8-3-4-9-24(21)34-18-6-1-2-7-18;5-1(3(7)8)2(6)4(9)10/h3-4,8-9,18-20,22-23,30-31H,1-2,5-7,10-17H2;1-2,5-6H,(H,7,8)(H,9,10). The quantitative estimate of drug-likeness (QED) is 0.183. The Labute approximate surface area is 255 Å². The minimum atomic E-state index is -2.27. The molecule has 5 rings (SSSR count). The van der Waals surface area contributed by atoms with E-state index < -0.39 is 48.2 Å². The maximum atomic E-state index is 12.7. The number of hydrogen-bond acceptors (Lipinski definition) is 11. The van der Waals surface area contributed by atoms with Crippen molar-refractivity contribution in [3.8, 4) is 5.75 Å². The molecule has 1 aromatic rings. The average Bonchev–Trinajstić information content (AvgIpc) is 3.60. The fourth-order valence-electron chi connectivity index (χ4n) is 6.38. The van der Waals surface area contributed by atoms with Crippen LogP contribution in [0.2, 0.25) is 0 Å². The van der Waals surface area contributed by atoms with E-state index in [1.165, 1.54) is 23.4 Å². The van der Waals surface area contributed by atoms with E-state index in [1.807, 2.05) is 6.07 Å². The van der Waals surface area contributed by atoms with Gasteiger partial charge < -0.3 is 40.3 Å². The summed E-state index contributed by atoms with van der Waals surface area (Å²) in [4.78, 5) is 51.1. The first-order valence-corrected chi connectivity index (χ1v) is 15.2. The number of hydrogen-bond donors (Lipinski definition) is 6. The Hall–Kier alpha value is -3.30. The molecule has 2 heterocycles. The summed E-state index contributed by atoms with van der Waals surface area (Å²) >= 11 is 0. The minimum Gasteiger partial charge on any atom is -0.488 e. The molecule has 0 radical (unpaired) electrons. The zero-order valence-corrected chi connectivity index (χ0v) is 24.6. The van der Waals surface area contributed by atoms with E-state index in [1.54, 1.807) is 0 Å². The number of benzene rings is 1. The van der Waals surface area contributed by atoms with Crippen molar-refractivity contribution in [1.29, 1.82) is 0 Å². The normalized spacial score (nSPS) is 27.4. The minimum absolute atomic E-state index is 0.176. The molecule has 0 aromatic heterocycles. The number of nitrogens with zero attached hydrogens (tertiary/aromatic N) is 3. The van der Waals surface area contributed by atoms with Crippen LogP contribution in [0.15, 0.2) is 24.3 Å². The average molecular weight is 622 g/mol. The Kier molecular flexibility index (Phi) is 11.5. The highest BCUT2D eigenvalue weighted by atomic mass is 16.5. The van der Waals surface area contributed by atoms with Gasteiger partial charge in [-0.05, 0) is 63.6 Å². The number of carboxylic acid groups (broad SMARTS) is 2. The number of rotatable bonds is 10. The van der Waals surface area contributed by atoms with Gasteiger partial charge >= 0.3 is 11.9 Å². The van der Waals surface area contributed by atoms with Crippen LogP contribution in [0, 0.1) is 11.8 Å². The van der Waals surface area contributed by atoms with E-state index >= 15 is 0 Å². The SMILES string of the molecule is O=C(O)C(O)C(O)C(=O)O.O=C1C2CC(O)C(O)CC2C(=O)N1CCCN1CCN(c2ccccc2OC2CCCC2)CC1. The highest BCUT2D eigenvalue weighted by Gasteiger charge is 2.52. The number of anilines is 1. The third-order valence-electron chi connectivity index (χ3n) is 8.92. The number of aliphatic carboxylic acids is 2. The third kappa shape index (κ3) is 8.04. The summed E-state index contributed by atoms with van der Waals surface area (Å²) in [5, 5.41) is 52.3. The van der Waals surface area contributed by atoms with E-state index in [0.717, 1.165) is 57.7 Å². The number of imide groups is 1. The van der Waals surface area contributed by atoms with Crippen molar-refractivity contribution in [2.45, 2.75) is 75.5 Å². The molecule has 6 unspecified atom stereocenters. The van der Waals surface area contributed by atoms with E-state index in [9.17, 15) is 29.4 Å². The first-order chi connectivity index (χ1) is 21.0. The fourth-order valence-corrected chi connectivity index (χ4v) is 6.38. The van der Waals surface area contributed by atoms with Crippen LogP contribution in [0.5, 0.6) is 5.75 Å². The third-order valence-corrected chi connectivity index (χ3v) is 8.92. The van der Waals surface area contributed by atoms with Crippen molar-refractivity contribution in [2.24, 2.45) is 11.8 Å². The summed E-state index contributed by atoms with van der Waals surface area (Å²) in [6, 6.07) is 8.35. The molecule has 2 aliphatic heterocycles. The van der Waals surface area contributed by atoms with E-state index in [2.05, 4.69) is 28.0 Å². The van der Waals surface area contributed by atoms with Crippen molar-refractivity contribution < 1.29 is 54.6 Å². The van der Waals surface area contributed by atoms with Crippen LogP contribution in [-0.2, 0) is 19.2 Å². The second kappa shape index (κ2) is 15.1. The van der Waals surface area contributed by atoms with Gasteiger partial charge in [0.2, 0.25) is 11.8 Å². The van der Waals surface area contributed by atoms with Crippen LogP contribution in [0.3, 0.4) is 0 Å². The number of para-hydroxylation sites is 2. The predicted octanol–water partition coefficient (Wildman–Crippen LogP) is -0.486.